The molecule has 0 fully saturated rings. The predicted octanol–water partition coefficient (Wildman–Crippen LogP) is 2.32. The number of nitrogens with zero attached hydrogens (tertiary/aromatic N) is 2. The summed E-state index contributed by atoms with van der Waals surface area (Å²) in [6.07, 6.45) is 0. The maximum Gasteiger partial charge on any atom is 0.131 e. The largest absolute Gasteiger partial charge is 0.322 e. The average molecular weight is 210 g/mol. The molecule has 2 aromatic heterocycles. The molecule has 2 N–H and O–H groups in total. The zero-order valence-electron chi connectivity index (χ0n) is 8.16. The quantitative estimate of drug-likeness (QED) is 0.733. The second-order valence-corrected chi connectivity index (χ2v) is 3.80. The van der Waals surface area contributed by atoms with Crippen LogP contribution >= 0.6 is 11.6 Å². The van der Waals surface area contributed by atoms with Crippen LogP contribution in [0.1, 0.15) is 24.5 Å². The van der Waals surface area contributed by atoms with Gasteiger partial charge in [-0.2, -0.15) is 0 Å². The zero-order chi connectivity index (χ0) is 10.3. The van der Waals surface area contributed by atoms with Gasteiger partial charge in [0.15, 0.2) is 0 Å². The van der Waals surface area contributed by atoms with Gasteiger partial charge in [0.05, 0.1) is 17.3 Å². The number of rotatable bonds is 1. The van der Waals surface area contributed by atoms with Crippen molar-refractivity contribution in [2.24, 2.45) is 5.73 Å². The second kappa shape index (κ2) is 3.26. The number of imidazole rings is 1. The Kier molecular flexibility index (Phi) is 2.21. The molecule has 1 unspecified atom stereocenters. The summed E-state index contributed by atoms with van der Waals surface area (Å²) >= 11 is 6.09. The highest BCUT2D eigenvalue weighted by molar-refractivity contribution is 6.29. The highest BCUT2D eigenvalue weighted by atomic mass is 35.5. The van der Waals surface area contributed by atoms with Gasteiger partial charge in [-0.3, -0.25) is 4.40 Å². The first-order valence-corrected chi connectivity index (χ1v) is 4.88. The van der Waals surface area contributed by atoms with Crippen LogP contribution in [0.15, 0.2) is 18.2 Å². The molecule has 0 spiro atoms. The van der Waals surface area contributed by atoms with Crippen molar-refractivity contribution in [3.63, 3.8) is 0 Å². The van der Waals surface area contributed by atoms with Crippen LogP contribution < -0.4 is 5.73 Å². The smallest absolute Gasteiger partial charge is 0.131 e. The molecule has 1 atom stereocenters. The lowest BCUT2D eigenvalue weighted by Gasteiger charge is -2.05. The molecule has 3 nitrogen and oxygen atoms in total. The number of fused-ring (bicyclic) bond motifs is 1. The van der Waals surface area contributed by atoms with Crippen LogP contribution in [0, 0.1) is 6.92 Å². The Labute approximate surface area is 87.5 Å². The third-order valence-corrected chi connectivity index (χ3v) is 2.53. The minimum absolute atomic E-state index is 0.115. The van der Waals surface area contributed by atoms with Gasteiger partial charge in [0.2, 0.25) is 0 Å². The van der Waals surface area contributed by atoms with Crippen molar-refractivity contribution in [3.8, 4) is 0 Å². The zero-order valence-corrected chi connectivity index (χ0v) is 8.92. The molecule has 0 aromatic carbocycles. The van der Waals surface area contributed by atoms with E-state index in [0.717, 1.165) is 17.0 Å². The fourth-order valence-electron chi connectivity index (χ4n) is 1.58. The van der Waals surface area contributed by atoms with Crippen LogP contribution in [-0.4, -0.2) is 9.38 Å². The number of hydrogen-bond donors (Lipinski definition) is 1. The van der Waals surface area contributed by atoms with Gasteiger partial charge in [0.1, 0.15) is 11.0 Å². The lowest BCUT2D eigenvalue weighted by atomic mass is 10.3. The fourth-order valence-corrected chi connectivity index (χ4v) is 1.83. The summed E-state index contributed by atoms with van der Waals surface area (Å²) in [7, 11) is 0. The summed E-state index contributed by atoms with van der Waals surface area (Å²) in [4.78, 5) is 4.40. The van der Waals surface area contributed by atoms with E-state index >= 15 is 0 Å². The second-order valence-electron chi connectivity index (χ2n) is 3.41. The van der Waals surface area contributed by atoms with E-state index in [1.54, 1.807) is 0 Å². The van der Waals surface area contributed by atoms with Crippen molar-refractivity contribution in [1.82, 2.24) is 9.38 Å². The molecule has 14 heavy (non-hydrogen) atoms. The summed E-state index contributed by atoms with van der Waals surface area (Å²) in [5, 5.41) is 0.649. The molecule has 0 radical (unpaired) electrons. The van der Waals surface area contributed by atoms with E-state index in [4.69, 9.17) is 17.3 Å². The molecule has 74 valence electrons. The van der Waals surface area contributed by atoms with Gasteiger partial charge >= 0.3 is 0 Å². The first-order chi connectivity index (χ1) is 6.61. The van der Waals surface area contributed by atoms with E-state index in [9.17, 15) is 0 Å². The highest BCUT2D eigenvalue weighted by Crippen LogP contribution is 2.21. The van der Waals surface area contributed by atoms with E-state index in [2.05, 4.69) is 4.98 Å². The van der Waals surface area contributed by atoms with Crippen LogP contribution in [0.4, 0.5) is 0 Å². The molecule has 0 aliphatic heterocycles. The maximum absolute atomic E-state index is 6.09. The summed E-state index contributed by atoms with van der Waals surface area (Å²) < 4.78 is 1.89. The first kappa shape index (κ1) is 9.49. The van der Waals surface area contributed by atoms with E-state index in [1.165, 1.54) is 0 Å². The first-order valence-electron chi connectivity index (χ1n) is 4.50. The van der Waals surface area contributed by atoms with Crippen LogP contribution in [0.3, 0.4) is 0 Å². The molecule has 4 heteroatoms. The Morgan fingerprint density at radius 1 is 1.50 bits per heavy atom. The van der Waals surface area contributed by atoms with Crippen molar-refractivity contribution in [3.05, 3.63) is 34.9 Å². The van der Waals surface area contributed by atoms with Crippen molar-refractivity contribution in [1.29, 1.82) is 0 Å². The Balaban J connectivity index is 2.86. The topological polar surface area (TPSA) is 43.3 Å². The monoisotopic (exact) mass is 209 g/mol. The van der Waals surface area contributed by atoms with Gasteiger partial charge in [0, 0.05) is 0 Å². The molecule has 0 amide bonds. The SMILES string of the molecule is Cc1nc(C(C)N)n2c(Cl)cccc12. The van der Waals surface area contributed by atoms with Crippen molar-refractivity contribution in [2.75, 3.05) is 0 Å². The third-order valence-electron chi connectivity index (χ3n) is 2.23. The van der Waals surface area contributed by atoms with E-state index in [-0.39, 0.29) is 6.04 Å². The van der Waals surface area contributed by atoms with E-state index in [0.29, 0.717) is 5.15 Å². The van der Waals surface area contributed by atoms with Crippen LogP contribution in [0.5, 0.6) is 0 Å². The summed E-state index contributed by atoms with van der Waals surface area (Å²) in [6, 6.07) is 5.62. The molecule has 0 saturated heterocycles. The Morgan fingerprint density at radius 2 is 2.21 bits per heavy atom. The average Bonchev–Trinajstić information content (AvgIpc) is 2.46. The minimum atomic E-state index is -0.115. The molecule has 2 rings (SSSR count). The van der Waals surface area contributed by atoms with E-state index in [1.807, 2.05) is 36.4 Å². The predicted molar refractivity (Wildman–Crippen MR) is 57.5 cm³/mol. The lowest BCUT2D eigenvalue weighted by Crippen LogP contribution is -2.10. The van der Waals surface area contributed by atoms with Crippen LogP contribution in [0.25, 0.3) is 5.52 Å². The Hall–Kier alpha value is -1.06. The third kappa shape index (κ3) is 1.29. The number of aromatic nitrogens is 2. The van der Waals surface area contributed by atoms with Crippen molar-refractivity contribution >= 4 is 17.1 Å². The van der Waals surface area contributed by atoms with Gasteiger partial charge in [-0.25, -0.2) is 4.98 Å². The number of pyridine rings is 1. The molecule has 2 aromatic rings. The Bertz CT molecular complexity index is 473. The number of nitrogens with two attached hydrogens (primary N) is 1. The van der Waals surface area contributed by atoms with Crippen LogP contribution in [0.2, 0.25) is 5.15 Å². The number of hydrogen-bond acceptors (Lipinski definition) is 2. The molecular weight excluding hydrogens is 198 g/mol. The van der Waals surface area contributed by atoms with Crippen molar-refractivity contribution < 1.29 is 0 Å². The normalized spacial score (nSPS) is 13.4. The maximum atomic E-state index is 6.09. The molecule has 2 heterocycles. The molecule has 0 bridgehead atoms. The molecule has 0 aliphatic carbocycles. The lowest BCUT2D eigenvalue weighted by molar-refractivity contribution is 0.734. The summed E-state index contributed by atoms with van der Waals surface area (Å²) in [5.74, 6) is 0.808. The fraction of sp³-hybridized carbons (Fsp3) is 0.300. The van der Waals surface area contributed by atoms with Crippen molar-refractivity contribution in [2.45, 2.75) is 19.9 Å². The van der Waals surface area contributed by atoms with Gasteiger partial charge in [0.25, 0.3) is 0 Å². The number of halogens is 1. The molecular formula is C10H12ClN3. The summed E-state index contributed by atoms with van der Waals surface area (Å²) in [5.41, 5.74) is 7.80. The number of aryl methyl sites for hydroxylation is 1. The van der Waals surface area contributed by atoms with Crippen LogP contribution in [-0.2, 0) is 0 Å². The van der Waals surface area contributed by atoms with Gasteiger partial charge in [-0.05, 0) is 26.0 Å². The highest BCUT2D eigenvalue weighted by Gasteiger charge is 2.12. The van der Waals surface area contributed by atoms with Gasteiger partial charge < -0.3 is 5.73 Å². The van der Waals surface area contributed by atoms with Gasteiger partial charge in [-0.15, -0.1) is 0 Å². The molecule has 0 saturated carbocycles. The van der Waals surface area contributed by atoms with E-state index < -0.39 is 0 Å². The minimum Gasteiger partial charge on any atom is -0.322 e. The van der Waals surface area contributed by atoms with Gasteiger partial charge in [-0.1, -0.05) is 17.7 Å². The molecule has 0 aliphatic rings. The standard InChI is InChI=1S/C10H12ClN3/c1-6(12)10-13-7(2)8-4-3-5-9(11)14(8)10/h3-6H,12H2,1-2H3. The Morgan fingerprint density at radius 3 is 2.86 bits per heavy atom. The summed E-state index contributed by atoms with van der Waals surface area (Å²) in [6.45, 7) is 3.86.